The van der Waals surface area contributed by atoms with E-state index in [2.05, 4.69) is 10.5 Å². The smallest absolute Gasteiger partial charge is 0.289 e. The molecule has 1 N–H and O–H groups in total. The highest BCUT2D eigenvalue weighted by Gasteiger charge is 2.12. The predicted octanol–water partition coefficient (Wildman–Crippen LogP) is 0.967. The van der Waals surface area contributed by atoms with Gasteiger partial charge in [0.25, 0.3) is 5.91 Å². The molecule has 5 nitrogen and oxygen atoms in total. The number of amides is 1. The van der Waals surface area contributed by atoms with Crippen molar-refractivity contribution in [3.8, 4) is 0 Å². The third-order valence-corrected chi connectivity index (χ3v) is 1.96. The molecule has 1 heterocycles. The van der Waals surface area contributed by atoms with Crippen LogP contribution in [0.4, 0.5) is 0 Å². The van der Waals surface area contributed by atoms with Crippen LogP contribution in [0, 0.1) is 6.92 Å². The van der Waals surface area contributed by atoms with Crippen molar-refractivity contribution in [1.29, 1.82) is 0 Å². The van der Waals surface area contributed by atoms with Gasteiger partial charge in [0.05, 0.1) is 17.7 Å². The Morgan fingerprint density at radius 2 is 2.53 bits per heavy atom. The summed E-state index contributed by atoms with van der Waals surface area (Å²) in [5.74, 6) is -0.133. The Bertz CT molecular complexity index is 327. The zero-order valence-electron chi connectivity index (χ0n) is 8.62. The topological polar surface area (TPSA) is 64.4 Å². The molecule has 0 aromatic carbocycles. The van der Waals surface area contributed by atoms with Crippen LogP contribution in [0.3, 0.4) is 0 Å². The van der Waals surface area contributed by atoms with Crippen LogP contribution < -0.4 is 5.32 Å². The zero-order valence-corrected chi connectivity index (χ0v) is 9.37. The maximum absolute atomic E-state index is 11.4. The number of methoxy groups -OCH3 is 1. The summed E-state index contributed by atoms with van der Waals surface area (Å²) in [6, 6.07) is 1.56. The number of aromatic nitrogens is 1. The Balaban J connectivity index is 2.36. The molecule has 1 aromatic rings. The molecule has 84 valence electrons. The Kier molecular flexibility index (Phi) is 4.58. The molecule has 0 bridgehead atoms. The fourth-order valence-corrected chi connectivity index (χ4v) is 1.20. The fourth-order valence-electron chi connectivity index (χ4n) is 1.00. The quantitative estimate of drug-likeness (QED) is 0.769. The molecule has 0 fully saturated rings. The van der Waals surface area contributed by atoms with Crippen LogP contribution in [0.1, 0.15) is 16.2 Å². The summed E-state index contributed by atoms with van der Waals surface area (Å²) in [6.45, 7) is 2.46. The molecule has 1 atom stereocenters. The zero-order chi connectivity index (χ0) is 11.3. The maximum Gasteiger partial charge on any atom is 0.289 e. The molecule has 1 unspecified atom stereocenters. The number of alkyl halides is 1. The number of aryl methyl sites for hydroxylation is 1. The van der Waals surface area contributed by atoms with Crippen molar-refractivity contribution in [3.05, 3.63) is 17.5 Å². The number of ether oxygens (including phenoxy) is 1. The number of carbonyl (C=O) groups is 1. The SMILES string of the molecule is COCC(Cl)CNC(=O)c1cc(C)no1. The van der Waals surface area contributed by atoms with Gasteiger partial charge in [0.2, 0.25) is 5.76 Å². The Labute approximate surface area is 92.7 Å². The van der Waals surface area contributed by atoms with Gasteiger partial charge in [0.15, 0.2) is 0 Å². The van der Waals surface area contributed by atoms with E-state index in [1.807, 2.05) is 0 Å². The molecule has 0 radical (unpaired) electrons. The van der Waals surface area contributed by atoms with Gasteiger partial charge in [-0.3, -0.25) is 4.79 Å². The van der Waals surface area contributed by atoms with E-state index in [1.54, 1.807) is 20.1 Å². The number of nitrogens with one attached hydrogen (secondary N) is 1. The van der Waals surface area contributed by atoms with E-state index in [9.17, 15) is 4.79 Å². The maximum atomic E-state index is 11.4. The Morgan fingerprint density at radius 1 is 1.80 bits per heavy atom. The van der Waals surface area contributed by atoms with Crippen molar-refractivity contribution in [3.63, 3.8) is 0 Å². The van der Waals surface area contributed by atoms with Crippen molar-refractivity contribution in [2.24, 2.45) is 0 Å². The first-order valence-electron chi connectivity index (χ1n) is 4.48. The largest absolute Gasteiger partial charge is 0.383 e. The summed E-state index contributed by atoms with van der Waals surface area (Å²) >= 11 is 5.83. The number of nitrogens with zero attached hydrogens (tertiary/aromatic N) is 1. The highest BCUT2D eigenvalue weighted by molar-refractivity contribution is 6.21. The van der Waals surface area contributed by atoms with Crippen molar-refractivity contribution < 1.29 is 14.1 Å². The summed E-state index contributed by atoms with van der Waals surface area (Å²) in [5, 5.41) is 5.97. The summed E-state index contributed by atoms with van der Waals surface area (Å²) in [5.41, 5.74) is 0.666. The van der Waals surface area contributed by atoms with Crippen LogP contribution in [0.5, 0.6) is 0 Å². The number of hydrogen-bond donors (Lipinski definition) is 1. The van der Waals surface area contributed by atoms with E-state index in [1.165, 1.54) is 0 Å². The average molecular weight is 233 g/mol. The van der Waals surface area contributed by atoms with Crippen LogP contribution in [0.15, 0.2) is 10.6 Å². The molecule has 1 rings (SSSR count). The minimum atomic E-state index is -0.322. The van der Waals surface area contributed by atoms with Gasteiger partial charge in [-0.05, 0) is 6.92 Å². The van der Waals surface area contributed by atoms with Gasteiger partial charge in [-0.1, -0.05) is 5.16 Å². The van der Waals surface area contributed by atoms with E-state index in [-0.39, 0.29) is 17.0 Å². The Morgan fingerprint density at radius 3 is 3.07 bits per heavy atom. The lowest BCUT2D eigenvalue weighted by molar-refractivity contribution is 0.0912. The third kappa shape index (κ3) is 3.89. The molecule has 1 aromatic heterocycles. The molecular formula is C9H13ClN2O3. The summed E-state index contributed by atoms with van der Waals surface area (Å²) in [6.07, 6.45) is 0. The van der Waals surface area contributed by atoms with Crippen LogP contribution >= 0.6 is 11.6 Å². The average Bonchev–Trinajstić information content (AvgIpc) is 2.62. The highest BCUT2D eigenvalue weighted by atomic mass is 35.5. The minimum absolute atomic E-state index is 0.189. The molecule has 15 heavy (non-hydrogen) atoms. The van der Waals surface area contributed by atoms with E-state index in [0.717, 1.165) is 0 Å². The molecular weight excluding hydrogens is 220 g/mol. The first-order valence-corrected chi connectivity index (χ1v) is 4.91. The van der Waals surface area contributed by atoms with Crippen molar-refractivity contribution in [2.75, 3.05) is 20.3 Å². The second kappa shape index (κ2) is 5.72. The molecule has 0 aliphatic rings. The predicted molar refractivity (Wildman–Crippen MR) is 55.1 cm³/mol. The van der Waals surface area contributed by atoms with E-state index < -0.39 is 0 Å². The third-order valence-electron chi connectivity index (χ3n) is 1.68. The minimum Gasteiger partial charge on any atom is -0.383 e. The summed E-state index contributed by atoms with van der Waals surface area (Å²) in [4.78, 5) is 11.4. The van der Waals surface area contributed by atoms with Crippen molar-refractivity contribution in [2.45, 2.75) is 12.3 Å². The number of rotatable bonds is 5. The monoisotopic (exact) mass is 232 g/mol. The second-order valence-corrected chi connectivity index (χ2v) is 3.71. The van der Waals surface area contributed by atoms with E-state index in [0.29, 0.717) is 18.8 Å². The number of carbonyl (C=O) groups excluding carboxylic acids is 1. The number of halogens is 1. The normalized spacial score (nSPS) is 12.5. The van der Waals surface area contributed by atoms with Crippen molar-refractivity contribution >= 4 is 17.5 Å². The lowest BCUT2D eigenvalue weighted by Crippen LogP contribution is -2.31. The number of hydrogen-bond acceptors (Lipinski definition) is 4. The summed E-state index contributed by atoms with van der Waals surface area (Å²) in [7, 11) is 1.55. The fraction of sp³-hybridized carbons (Fsp3) is 0.556. The molecule has 0 saturated carbocycles. The van der Waals surface area contributed by atoms with Crippen LogP contribution in [-0.2, 0) is 4.74 Å². The van der Waals surface area contributed by atoms with Crippen molar-refractivity contribution in [1.82, 2.24) is 10.5 Å². The van der Waals surface area contributed by atoms with Gasteiger partial charge in [-0.2, -0.15) is 0 Å². The van der Waals surface area contributed by atoms with Crippen LogP contribution in [-0.4, -0.2) is 36.7 Å². The Hall–Kier alpha value is -1.07. The first-order chi connectivity index (χ1) is 7.13. The molecule has 0 spiro atoms. The van der Waals surface area contributed by atoms with Gasteiger partial charge < -0.3 is 14.6 Å². The van der Waals surface area contributed by atoms with Crippen LogP contribution in [0.2, 0.25) is 0 Å². The van der Waals surface area contributed by atoms with Crippen LogP contribution in [0.25, 0.3) is 0 Å². The summed E-state index contributed by atoms with van der Waals surface area (Å²) < 4.78 is 9.61. The molecule has 6 heteroatoms. The molecule has 0 saturated heterocycles. The molecule has 1 amide bonds. The lowest BCUT2D eigenvalue weighted by atomic mass is 10.3. The highest BCUT2D eigenvalue weighted by Crippen LogP contribution is 2.02. The van der Waals surface area contributed by atoms with Gasteiger partial charge in [-0.15, -0.1) is 11.6 Å². The first kappa shape index (κ1) is 12.0. The standard InChI is InChI=1S/C9H13ClN2O3/c1-6-3-8(15-12-6)9(13)11-4-7(10)5-14-2/h3,7H,4-5H2,1-2H3,(H,11,13). The van der Waals surface area contributed by atoms with Gasteiger partial charge in [-0.25, -0.2) is 0 Å². The van der Waals surface area contributed by atoms with Gasteiger partial charge >= 0.3 is 0 Å². The van der Waals surface area contributed by atoms with Gasteiger partial charge in [0.1, 0.15) is 0 Å². The lowest BCUT2D eigenvalue weighted by Gasteiger charge is -2.07. The molecule has 0 aliphatic heterocycles. The van der Waals surface area contributed by atoms with E-state index >= 15 is 0 Å². The second-order valence-electron chi connectivity index (χ2n) is 3.10. The van der Waals surface area contributed by atoms with E-state index in [4.69, 9.17) is 20.9 Å². The molecule has 0 aliphatic carbocycles. The van der Waals surface area contributed by atoms with Gasteiger partial charge in [0, 0.05) is 19.7 Å².